The number of nitriles is 2. The normalized spacial score (nSPS) is 17.6. The van der Waals surface area contributed by atoms with Crippen molar-refractivity contribution in [1.29, 1.82) is 10.5 Å². The molecule has 1 saturated heterocycles. The molecule has 25 heavy (non-hydrogen) atoms. The number of rotatable bonds is 4. The van der Waals surface area contributed by atoms with Crippen LogP contribution in [0, 0.1) is 35.0 Å². The zero-order valence-corrected chi connectivity index (χ0v) is 14.3. The molecule has 5 heteroatoms. The van der Waals surface area contributed by atoms with Gasteiger partial charge >= 0.3 is 0 Å². The van der Waals surface area contributed by atoms with Gasteiger partial charge in [-0.15, -0.1) is 6.42 Å². The lowest BCUT2D eigenvalue weighted by Crippen LogP contribution is -2.45. The largest absolute Gasteiger partial charge is 0.480 e. The molecule has 1 fully saturated rings. The fourth-order valence-electron chi connectivity index (χ4n) is 3.65. The monoisotopic (exact) mass is 332 g/mol. The molecule has 0 radical (unpaired) electrons. The van der Waals surface area contributed by atoms with Gasteiger partial charge in [0.15, 0.2) is 0 Å². The number of hydrogen-bond donors (Lipinski definition) is 0. The lowest BCUT2D eigenvalue weighted by molar-refractivity contribution is 0.369. The second kappa shape index (κ2) is 7.20. The second-order valence-electron chi connectivity index (χ2n) is 6.18. The third-order valence-corrected chi connectivity index (χ3v) is 4.80. The number of likely N-dealkylation sites (N-methyl/N-ethyl adjacent to an activating group) is 1. The van der Waals surface area contributed by atoms with Crippen molar-refractivity contribution in [2.45, 2.75) is 25.8 Å². The van der Waals surface area contributed by atoms with Crippen LogP contribution in [0.5, 0.6) is 5.75 Å². The fourth-order valence-corrected chi connectivity index (χ4v) is 3.65. The second-order valence-corrected chi connectivity index (χ2v) is 6.18. The van der Waals surface area contributed by atoms with E-state index in [1.807, 2.05) is 24.3 Å². The van der Waals surface area contributed by atoms with Crippen LogP contribution in [0.25, 0.3) is 6.08 Å². The highest BCUT2D eigenvalue weighted by Gasteiger charge is 2.34. The highest BCUT2D eigenvalue weighted by atomic mass is 16.5. The van der Waals surface area contributed by atoms with Gasteiger partial charge in [-0.2, -0.15) is 10.5 Å². The van der Waals surface area contributed by atoms with Crippen LogP contribution in [0.15, 0.2) is 17.7 Å². The Morgan fingerprint density at radius 3 is 2.84 bits per heavy atom. The van der Waals surface area contributed by atoms with E-state index in [2.05, 4.69) is 22.6 Å². The average Bonchev–Trinajstić information content (AvgIpc) is 3.12. The van der Waals surface area contributed by atoms with Crippen LogP contribution in [0.2, 0.25) is 0 Å². The predicted octanol–water partition coefficient (Wildman–Crippen LogP) is 2.94. The van der Waals surface area contributed by atoms with E-state index < -0.39 is 0 Å². The number of allylic oxidation sites excluding steroid dienone is 1. The Kier molecular flexibility index (Phi) is 4.82. The van der Waals surface area contributed by atoms with Crippen LogP contribution >= 0.6 is 0 Å². The highest BCUT2D eigenvalue weighted by molar-refractivity contribution is 5.82. The molecular formula is C20H20N4O. The van der Waals surface area contributed by atoms with E-state index in [1.54, 1.807) is 6.08 Å². The Bertz CT molecular complexity index is 806. The highest BCUT2D eigenvalue weighted by Crippen LogP contribution is 2.43. The molecule has 1 unspecified atom stereocenters. The van der Waals surface area contributed by atoms with Crippen molar-refractivity contribution in [2.24, 2.45) is 0 Å². The Morgan fingerprint density at radius 1 is 1.36 bits per heavy atom. The van der Waals surface area contributed by atoms with Crippen molar-refractivity contribution in [1.82, 2.24) is 0 Å². The van der Waals surface area contributed by atoms with Gasteiger partial charge in [0.05, 0.1) is 11.4 Å². The van der Waals surface area contributed by atoms with E-state index in [4.69, 9.17) is 21.7 Å². The molecule has 0 N–H and O–H groups in total. The van der Waals surface area contributed by atoms with Gasteiger partial charge in [-0.25, -0.2) is 0 Å². The summed E-state index contributed by atoms with van der Waals surface area (Å²) in [6, 6.07) is 8.36. The van der Waals surface area contributed by atoms with Gasteiger partial charge in [0.25, 0.3) is 0 Å². The summed E-state index contributed by atoms with van der Waals surface area (Å²) < 4.78 is 5.71. The molecular weight excluding hydrogens is 312 g/mol. The van der Waals surface area contributed by atoms with Crippen molar-refractivity contribution in [3.63, 3.8) is 0 Å². The molecule has 0 aromatic heterocycles. The first-order valence-electron chi connectivity index (χ1n) is 8.49. The van der Waals surface area contributed by atoms with E-state index in [-0.39, 0.29) is 12.2 Å². The summed E-state index contributed by atoms with van der Waals surface area (Å²) in [5.74, 6) is 3.09. The SMILES string of the molecule is C#CCOc1cc2c(cc1C=C(C#N)C#N)N(CC)CC1CCCN21. The zero-order valence-electron chi connectivity index (χ0n) is 14.3. The van der Waals surface area contributed by atoms with E-state index in [0.29, 0.717) is 17.4 Å². The average molecular weight is 332 g/mol. The van der Waals surface area contributed by atoms with Crippen LogP contribution in [0.4, 0.5) is 11.4 Å². The first-order valence-corrected chi connectivity index (χ1v) is 8.49. The lowest BCUT2D eigenvalue weighted by Gasteiger charge is -2.41. The molecule has 126 valence electrons. The third-order valence-electron chi connectivity index (χ3n) is 4.80. The molecule has 2 aliphatic heterocycles. The van der Waals surface area contributed by atoms with Crippen LogP contribution in [0.3, 0.4) is 0 Å². The molecule has 2 aliphatic rings. The molecule has 1 aromatic rings. The maximum atomic E-state index is 9.08. The maximum Gasteiger partial charge on any atom is 0.148 e. The van der Waals surface area contributed by atoms with Crippen molar-refractivity contribution in [2.75, 3.05) is 36.0 Å². The van der Waals surface area contributed by atoms with Gasteiger partial charge in [-0.3, -0.25) is 0 Å². The number of anilines is 2. The smallest absolute Gasteiger partial charge is 0.148 e. The van der Waals surface area contributed by atoms with E-state index in [1.165, 1.54) is 12.8 Å². The summed E-state index contributed by atoms with van der Waals surface area (Å²) in [7, 11) is 0. The molecule has 2 heterocycles. The van der Waals surface area contributed by atoms with Gasteiger partial charge in [0.2, 0.25) is 0 Å². The summed E-state index contributed by atoms with van der Waals surface area (Å²) in [6.45, 7) is 5.24. The molecule has 5 nitrogen and oxygen atoms in total. The van der Waals surface area contributed by atoms with Gasteiger partial charge in [0.1, 0.15) is 30.1 Å². The third kappa shape index (κ3) is 3.12. The lowest BCUT2D eigenvalue weighted by atomic mass is 10.0. The molecule has 0 amide bonds. The first-order chi connectivity index (χ1) is 12.2. The van der Waals surface area contributed by atoms with Gasteiger partial charge in [-0.1, -0.05) is 5.92 Å². The molecule has 0 saturated carbocycles. The van der Waals surface area contributed by atoms with Crippen LogP contribution in [0.1, 0.15) is 25.3 Å². The van der Waals surface area contributed by atoms with E-state index in [0.717, 1.165) is 31.0 Å². The van der Waals surface area contributed by atoms with Crippen LogP contribution in [-0.2, 0) is 0 Å². The van der Waals surface area contributed by atoms with Crippen molar-refractivity contribution >= 4 is 17.5 Å². The maximum absolute atomic E-state index is 9.08. The predicted molar refractivity (Wildman–Crippen MR) is 98.2 cm³/mol. The topological polar surface area (TPSA) is 63.3 Å². The first kappa shape index (κ1) is 16.7. The quantitative estimate of drug-likeness (QED) is 0.626. The van der Waals surface area contributed by atoms with Crippen molar-refractivity contribution < 1.29 is 4.74 Å². The molecule has 0 spiro atoms. The molecule has 1 aromatic carbocycles. The minimum atomic E-state index is 0.0448. The van der Waals surface area contributed by atoms with Crippen LogP contribution in [-0.4, -0.2) is 32.3 Å². The summed E-state index contributed by atoms with van der Waals surface area (Å²) in [4.78, 5) is 4.79. The van der Waals surface area contributed by atoms with Crippen LogP contribution < -0.4 is 14.5 Å². The Morgan fingerprint density at radius 2 is 2.16 bits per heavy atom. The Labute approximate surface area is 148 Å². The number of benzene rings is 1. The van der Waals surface area contributed by atoms with E-state index in [9.17, 15) is 0 Å². The summed E-state index contributed by atoms with van der Waals surface area (Å²) in [5.41, 5.74) is 3.03. The molecule has 0 bridgehead atoms. The van der Waals surface area contributed by atoms with Crippen molar-refractivity contribution in [3.8, 4) is 30.2 Å². The number of ether oxygens (including phenoxy) is 1. The van der Waals surface area contributed by atoms with Crippen molar-refractivity contribution in [3.05, 3.63) is 23.3 Å². The van der Waals surface area contributed by atoms with E-state index >= 15 is 0 Å². The number of fused-ring (bicyclic) bond motifs is 3. The molecule has 1 atom stereocenters. The number of terminal acetylenes is 1. The summed E-state index contributed by atoms with van der Waals surface area (Å²) in [5, 5.41) is 18.2. The Hall–Kier alpha value is -3.10. The number of hydrogen-bond acceptors (Lipinski definition) is 5. The fraction of sp³-hybridized carbons (Fsp3) is 0.400. The zero-order chi connectivity index (χ0) is 17.8. The summed E-state index contributed by atoms with van der Waals surface area (Å²) in [6.07, 6.45) is 9.29. The molecule has 0 aliphatic carbocycles. The van der Waals surface area contributed by atoms with Gasteiger partial charge < -0.3 is 14.5 Å². The standard InChI is InChI=1S/C20H20N4O/c1-3-8-25-20-11-19-18(10-16(20)9-15(12-21)13-22)23(4-2)14-17-6-5-7-24(17)19/h1,9-11,17H,4-8,14H2,2H3. The minimum absolute atomic E-state index is 0.0448. The number of nitrogens with zero attached hydrogens (tertiary/aromatic N) is 4. The minimum Gasteiger partial charge on any atom is -0.480 e. The molecule has 3 rings (SSSR count). The Balaban J connectivity index is 2.13. The van der Waals surface area contributed by atoms with Gasteiger partial charge in [0, 0.05) is 37.3 Å². The summed E-state index contributed by atoms with van der Waals surface area (Å²) >= 11 is 0. The van der Waals surface area contributed by atoms with Gasteiger partial charge in [-0.05, 0) is 31.9 Å².